The van der Waals surface area contributed by atoms with Crippen LogP contribution in [0.4, 0.5) is 0 Å². The van der Waals surface area contributed by atoms with Crippen LogP contribution in [-0.2, 0) is 21.1 Å². The van der Waals surface area contributed by atoms with Crippen LogP contribution in [0.15, 0.2) is 49.1 Å². The van der Waals surface area contributed by atoms with Crippen molar-refractivity contribution < 1.29 is 21.1 Å². The molecule has 1 aromatic rings. The molecule has 0 aliphatic rings. The average molecular weight is 579 g/mol. The Balaban J connectivity index is -0.000000189. The average Bonchev–Trinajstić information content (AvgIpc) is 2.17. The fourth-order valence-electron chi connectivity index (χ4n) is 0.589. The van der Waals surface area contributed by atoms with Crippen LogP contribution in [0.25, 0.3) is 6.08 Å². The summed E-state index contributed by atoms with van der Waals surface area (Å²) < 4.78 is 0. The molecule has 0 heterocycles. The zero-order valence-corrected chi connectivity index (χ0v) is 16.9. The molecular weight excluding hydrogens is 564 g/mol. The summed E-state index contributed by atoms with van der Waals surface area (Å²) in [4.78, 5) is 0. The molecule has 0 aromatic heterocycles. The summed E-state index contributed by atoms with van der Waals surface area (Å²) in [6.07, 6.45) is 1.83. The van der Waals surface area contributed by atoms with Crippen LogP contribution in [0.2, 0.25) is 0 Å². The van der Waals surface area contributed by atoms with Gasteiger partial charge in [0.15, 0.2) is 0 Å². The molecule has 0 unspecified atom stereocenters. The van der Waals surface area contributed by atoms with E-state index in [4.69, 9.17) is 26.8 Å². The van der Waals surface area contributed by atoms with E-state index >= 15 is 0 Å². The Hall–Kier alpha value is 1.06. The number of halogens is 3. The van der Waals surface area contributed by atoms with Crippen LogP contribution in [0.3, 0.4) is 0 Å². The molecule has 0 fully saturated rings. The van der Waals surface area contributed by atoms with Gasteiger partial charge in [-0.1, -0.05) is 48.6 Å². The first-order chi connectivity index (χ1) is 7.40. The fraction of sp³-hybridized carbons (Fsp3) is 0.0833. The van der Waals surface area contributed by atoms with Gasteiger partial charge in [0.1, 0.15) is 0 Å². The molecule has 0 atom stereocenters. The maximum Gasteiger partial charge on any atom is 0 e. The Morgan fingerprint density at radius 2 is 1.47 bits per heavy atom. The van der Waals surface area contributed by atoms with E-state index in [0.717, 1.165) is 5.57 Å². The van der Waals surface area contributed by atoms with Crippen molar-refractivity contribution in [1.29, 1.82) is 0 Å². The van der Waals surface area contributed by atoms with E-state index in [0.29, 0.717) is 0 Å². The molecule has 0 bridgehead atoms. The molecule has 2 radical (unpaired) electrons. The second kappa shape index (κ2) is 17.1. The largest absolute Gasteiger partial charge is 0 e. The molecule has 0 aliphatic heterocycles. The van der Waals surface area contributed by atoms with Gasteiger partial charge in [0.25, 0.3) is 0 Å². The van der Waals surface area contributed by atoms with E-state index in [2.05, 4.69) is 20.1 Å². The Kier molecular flexibility index (Phi) is 23.3. The number of allylic oxidation sites excluding steroid dienone is 1. The van der Waals surface area contributed by atoms with Crippen molar-refractivity contribution in [2.45, 2.75) is 6.92 Å². The number of hydrogen-bond acceptors (Lipinski definition) is 0. The topological polar surface area (TPSA) is 0 Å². The molecule has 0 aliphatic carbocycles. The first kappa shape index (κ1) is 23.2. The molecule has 0 amide bonds. The number of hydrogen-bond donors (Lipinski definition) is 0. The van der Waals surface area contributed by atoms with Gasteiger partial charge < -0.3 is 0 Å². The predicted octanol–water partition coefficient (Wildman–Crippen LogP) is 5.41. The Labute approximate surface area is 137 Å². The van der Waals surface area contributed by atoms with Gasteiger partial charge in [-0.05, 0) is 19.4 Å². The zero-order valence-electron chi connectivity index (χ0n) is 9.54. The fourth-order valence-corrected chi connectivity index (χ4v) is 0.589. The maximum absolute atomic E-state index is 5.00. The van der Waals surface area contributed by atoms with Gasteiger partial charge in [0, 0.05) is 21.1 Å². The van der Waals surface area contributed by atoms with Gasteiger partial charge in [-0.3, -0.25) is 0 Å². The summed E-state index contributed by atoms with van der Waals surface area (Å²) in [5.74, 6) is 0. The maximum atomic E-state index is 5.00. The summed E-state index contributed by atoms with van der Waals surface area (Å²) in [6.45, 7) is 12.4. The van der Waals surface area contributed by atoms with Crippen LogP contribution < -0.4 is 0 Å². The summed E-state index contributed by atoms with van der Waals surface area (Å²) >= 11 is -2.13. The minimum absolute atomic E-state index is 0. The molecule has 17 heavy (non-hydrogen) atoms. The second-order valence-corrected chi connectivity index (χ2v) is 15.5. The normalized spacial score (nSPS) is 7.65. The third-order valence-electron chi connectivity index (χ3n) is 1.04. The number of benzene rings is 1. The number of rotatable bonds is 1. The predicted molar refractivity (Wildman–Crippen MR) is 80.0 cm³/mol. The monoisotopic (exact) mass is 579 g/mol. The standard InChI is InChI=1S/C8H8.C4H7.3ClH.Pt.Sn/c1-2-8-6-4-3-5-7-8;1-4(2)3;;;;;/h2-7H,1H2;1-2H2,3H3;3*1H;;/q;;;;;;+3/p-3. The van der Waals surface area contributed by atoms with E-state index in [1.165, 1.54) is 5.56 Å². The molecule has 1 aromatic carbocycles. The Morgan fingerprint density at radius 3 is 1.65 bits per heavy atom. The summed E-state index contributed by atoms with van der Waals surface area (Å²) in [6, 6.07) is 10.0. The van der Waals surface area contributed by atoms with E-state index in [-0.39, 0.29) is 21.1 Å². The Bertz CT molecular complexity index is 282. The quantitative estimate of drug-likeness (QED) is 0.391. The van der Waals surface area contributed by atoms with Crippen LogP contribution in [-0.4, -0.2) is 16.4 Å². The first-order valence-corrected chi connectivity index (χ1v) is 15.2. The van der Waals surface area contributed by atoms with Crippen molar-refractivity contribution in [2.75, 3.05) is 0 Å². The third kappa shape index (κ3) is 31.6. The second-order valence-electron chi connectivity index (χ2n) is 2.79. The van der Waals surface area contributed by atoms with Crippen molar-refractivity contribution in [1.82, 2.24) is 0 Å². The van der Waals surface area contributed by atoms with Crippen LogP contribution in [0, 0.1) is 6.92 Å². The molecule has 0 saturated carbocycles. The van der Waals surface area contributed by atoms with Crippen molar-refractivity contribution in [3.05, 3.63) is 61.5 Å². The summed E-state index contributed by atoms with van der Waals surface area (Å²) in [5.41, 5.74) is 2.09. The molecule has 0 nitrogen and oxygen atoms in total. The van der Waals surface area contributed by atoms with Gasteiger partial charge >= 0.3 is 43.1 Å². The molecule has 0 spiro atoms. The van der Waals surface area contributed by atoms with Crippen LogP contribution in [0.1, 0.15) is 12.5 Å². The molecule has 0 N–H and O–H groups in total. The van der Waals surface area contributed by atoms with Gasteiger partial charge in [-0.25, -0.2) is 0 Å². The molecule has 98 valence electrons. The van der Waals surface area contributed by atoms with Gasteiger partial charge in [0.2, 0.25) is 0 Å². The summed E-state index contributed by atoms with van der Waals surface area (Å²) in [7, 11) is 15.0. The van der Waals surface area contributed by atoms with Crippen molar-refractivity contribution in [3.8, 4) is 0 Å². The smallest absolute Gasteiger partial charge is 0 e. The van der Waals surface area contributed by atoms with Gasteiger partial charge in [0.05, 0.1) is 0 Å². The molecule has 0 saturated heterocycles. The third-order valence-corrected chi connectivity index (χ3v) is 1.04. The van der Waals surface area contributed by atoms with Crippen molar-refractivity contribution >= 4 is 49.2 Å². The zero-order chi connectivity index (χ0) is 13.0. The minimum atomic E-state index is -2.13. The van der Waals surface area contributed by atoms with E-state index in [1.807, 2.05) is 43.3 Å². The van der Waals surface area contributed by atoms with Crippen molar-refractivity contribution in [2.24, 2.45) is 0 Å². The molecule has 1 rings (SSSR count). The van der Waals surface area contributed by atoms with Crippen LogP contribution in [0.5, 0.6) is 0 Å². The molecular formula is C12H15Cl3PtSn. The van der Waals surface area contributed by atoms with Gasteiger partial charge in [-0.2, -0.15) is 0 Å². The van der Waals surface area contributed by atoms with Crippen molar-refractivity contribution in [3.63, 3.8) is 0 Å². The van der Waals surface area contributed by atoms with E-state index < -0.39 is 16.4 Å². The van der Waals surface area contributed by atoms with Crippen LogP contribution >= 0.6 is 26.8 Å². The van der Waals surface area contributed by atoms with E-state index in [9.17, 15) is 0 Å². The molecule has 5 heteroatoms. The minimum Gasteiger partial charge on any atom is 0 e. The van der Waals surface area contributed by atoms with E-state index in [1.54, 1.807) is 0 Å². The first-order valence-electron chi connectivity index (χ1n) is 4.38. The SMILES string of the molecule is C=Cc1ccccc1.[CH2]C(=C)C.[Cl][Sn]([Cl])[Cl].[Pt]. The summed E-state index contributed by atoms with van der Waals surface area (Å²) in [5, 5.41) is 0. The van der Waals surface area contributed by atoms with Gasteiger partial charge in [-0.15, -0.1) is 6.58 Å². The Morgan fingerprint density at radius 1 is 1.18 bits per heavy atom.